The zero-order valence-electron chi connectivity index (χ0n) is 16.8. The quantitative estimate of drug-likeness (QED) is 0.644. The summed E-state index contributed by atoms with van der Waals surface area (Å²) in [6.07, 6.45) is 0.630. The molecule has 6 nitrogen and oxygen atoms in total. The third-order valence-electron chi connectivity index (χ3n) is 4.95. The zero-order chi connectivity index (χ0) is 21.2. The molecule has 0 saturated carbocycles. The molecular weight excluding hydrogens is 393 g/mol. The molecule has 2 aromatic rings. The van der Waals surface area contributed by atoms with Gasteiger partial charge >= 0.3 is 0 Å². The fourth-order valence-electron chi connectivity index (χ4n) is 3.40. The summed E-state index contributed by atoms with van der Waals surface area (Å²) in [5.74, 6) is -1.09. The smallest absolute Gasteiger partial charge is 0.243 e. The lowest BCUT2D eigenvalue weighted by atomic mass is 10.0. The molecule has 1 unspecified atom stereocenters. The van der Waals surface area contributed by atoms with E-state index >= 15 is 0 Å². The minimum absolute atomic E-state index is 0.0137. The number of sulfonamides is 1. The lowest BCUT2D eigenvalue weighted by molar-refractivity contribution is -0.116. The molecule has 1 atom stereocenters. The molecule has 0 saturated heterocycles. The van der Waals surface area contributed by atoms with Gasteiger partial charge in [-0.2, -0.15) is 0 Å². The van der Waals surface area contributed by atoms with E-state index in [2.05, 4.69) is 15.4 Å². The van der Waals surface area contributed by atoms with Crippen LogP contribution in [0.3, 0.4) is 0 Å². The third kappa shape index (κ3) is 5.20. The van der Waals surface area contributed by atoms with E-state index in [9.17, 15) is 17.6 Å². The molecule has 29 heavy (non-hydrogen) atoms. The first-order valence-electron chi connectivity index (χ1n) is 9.52. The lowest BCUT2D eigenvalue weighted by Crippen LogP contribution is -2.49. The molecule has 3 N–H and O–H groups in total. The van der Waals surface area contributed by atoms with Crippen LogP contribution in [0.4, 0.5) is 10.1 Å². The number of carbonyl (C=O) groups excluding carboxylic acids is 1. The van der Waals surface area contributed by atoms with Crippen molar-refractivity contribution in [1.29, 1.82) is 0 Å². The SMILES string of the molecule is CC(NC(C)(C)CNS(=O)(=O)c1cc2c(cc1F)NC(=O)CC2)c1ccccc1. The molecule has 0 aromatic heterocycles. The number of aryl methyl sites for hydroxylation is 1. The highest BCUT2D eigenvalue weighted by Crippen LogP contribution is 2.28. The van der Waals surface area contributed by atoms with Gasteiger partial charge < -0.3 is 10.6 Å². The van der Waals surface area contributed by atoms with E-state index in [1.807, 2.05) is 51.1 Å². The highest BCUT2D eigenvalue weighted by Gasteiger charge is 2.28. The number of anilines is 1. The number of nitrogens with one attached hydrogen (secondary N) is 3. The second kappa shape index (κ2) is 8.22. The number of carbonyl (C=O) groups is 1. The van der Waals surface area contributed by atoms with Gasteiger partial charge in [0, 0.05) is 30.2 Å². The van der Waals surface area contributed by atoms with Crippen molar-refractivity contribution in [2.24, 2.45) is 0 Å². The average molecular weight is 420 g/mol. The molecule has 3 rings (SSSR count). The van der Waals surface area contributed by atoms with Gasteiger partial charge in [0.1, 0.15) is 10.7 Å². The van der Waals surface area contributed by atoms with Crippen LogP contribution in [0.1, 0.15) is 44.4 Å². The summed E-state index contributed by atoms with van der Waals surface area (Å²) < 4.78 is 42.5. The molecular formula is C21H26FN3O3S. The van der Waals surface area contributed by atoms with Gasteiger partial charge in [0.2, 0.25) is 15.9 Å². The molecule has 0 fully saturated rings. The van der Waals surface area contributed by atoms with E-state index in [0.29, 0.717) is 17.7 Å². The molecule has 0 spiro atoms. The Balaban J connectivity index is 1.71. The second-order valence-electron chi connectivity index (χ2n) is 7.97. The van der Waals surface area contributed by atoms with Crippen molar-refractivity contribution < 1.29 is 17.6 Å². The number of benzene rings is 2. The van der Waals surface area contributed by atoms with Crippen molar-refractivity contribution in [2.75, 3.05) is 11.9 Å². The van der Waals surface area contributed by atoms with Gasteiger partial charge in [-0.1, -0.05) is 30.3 Å². The molecule has 1 heterocycles. The highest BCUT2D eigenvalue weighted by atomic mass is 32.2. The van der Waals surface area contributed by atoms with Crippen LogP contribution >= 0.6 is 0 Å². The monoisotopic (exact) mass is 419 g/mol. The Hall–Kier alpha value is -2.29. The Morgan fingerprint density at radius 2 is 1.86 bits per heavy atom. The molecule has 1 amide bonds. The van der Waals surface area contributed by atoms with Crippen LogP contribution in [0, 0.1) is 5.82 Å². The largest absolute Gasteiger partial charge is 0.326 e. The fraction of sp³-hybridized carbons (Fsp3) is 0.381. The topological polar surface area (TPSA) is 87.3 Å². The molecule has 156 valence electrons. The van der Waals surface area contributed by atoms with E-state index in [4.69, 9.17) is 0 Å². The molecule has 1 aliphatic heterocycles. The van der Waals surface area contributed by atoms with Crippen LogP contribution in [0.5, 0.6) is 0 Å². The fourth-order valence-corrected chi connectivity index (χ4v) is 4.72. The van der Waals surface area contributed by atoms with Crippen LogP contribution in [0.2, 0.25) is 0 Å². The van der Waals surface area contributed by atoms with Crippen molar-refractivity contribution in [2.45, 2.75) is 50.1 Å². The summed E-state index contributed by atoms with van der Waals surface area (Å²) >= 11 is 0. The number of halogens is 1. The van der Waals surface area contributed by atoms with Crippen molar-refractivity contribution in [3.05, 3.63) is 59.4 Å². The molecule has 0 bridgehead atoms. The summed E-state index contributed by atoms with van der Waals surface area (Å²) in [5, 5.41) is 5.97. The normalized spacial score (nSPS) is 15.5. The Bertz CT molecular complexity index is 1010. The maximum atomic E-state index is 14.5. The standard InChI is InChI=1S/C21H26FN3O3S/c1-14(15-7-5-4-6-8-15)25-21(2,3)13-23-29(27,28)19-11-16-9-10-20(26)24-18(16)12-17(19)22/h4-8,11-12,14,23,25H,9-10,13H2,1-3H3,(H,24,26). The lowest BCUT2D eigenvalue weighted by Gasteiger charge is -2.31. The summed E-state index contributed by atoms with van der Waals surface area (Å²) in [4.78, 5) is 11.0. The highest BCUT2D eigenvalue weighted by molar-refractivity contribution is 7.89. The van der Waals surface area contributed by atoms with Crippen molar-refractivity contribution >= 4 is 21.6 Å². The Morgan fingerprint density at radius 1 is 1.17 bits per heavy atom. The zero-order valence-corrected chi connectivity index (χ0v) is 17.6. The minimum atomic E-state index is -4.05. The van der Waals surface area contributed by atoms with E-state index in [1.165, 1.54) is 6.07 Å². The minimum Gasteiger partial charge on any atom is -0.326 e. The Kier molecular flexibility index (Phi) is 6.07. The summed E-state index contributed by atoms with van der Waals surface area (Å²) in [5.41, 5.74) is 1.46. The van der Waals surface area contributed by atoms with Crippen LogP contribution in [-0.4, -0.2) is 26.4 Å². The molecule has 0 radical (unpaired) electrons. The van der Waals surface area contributed by atoms with Crippen LogP contribution in [0.15, 0.2) is 47.4 Å². The first-order valence-corrected chi connectivity index (χ1v) is 11.0. The van der Waals surface area contributed by atoms with Gasteiger partial charge in [-0.25, -0.2) is 17.5 Å². The van der Waals surface area contributed by atoms with Gasteiger partial charge in [0.05, 0.1) is 0 Å². The van der Waals surface area contributed by atoms with Crippen molar-refractivity contribution in [3.63, 3.8) is 0 Å². The first-order chi connectivity index (χ1) is 13.6. The number of amides is 1. The van der Waals surface area contributed by atoms with E-state index in [0.717, 1.165) is 11.6 Å². The summed E-state index contributed by atoms with van der Waals surface area (Å²) in [6.45, 7) is 5.85. The van der Waals surface area contributed by atoms with Gasteiger partial charge in [-0.05, 0) is 50.5 Å². The van der Waals surface area contributed by atoms with E-state index in [-0.39, 0.29) is 24.9 Å². The van der Waals surface area contributed by atoms with E-state index < -0.39 is 26.3 Å². The molecule has 8 heteroatoms. The van der Waals surface area contributed by atoms with E-state index in [1.54, 1.807) is 0 Å². The summed E-state index contributed by atoms with van der Waals surface area (Å²) in [7, 11) is -4.05. The second-order valence-corrected chi connectivity index (χ2v) is 9.71. The van der Waals surface area contributed by atoms with Crippen LogP contribution < -0.4 is 15.4 Å². The predicted octanol–water partition coefficient (Wildman–Crippen LogP) is 3.12. The maximum absolute atomic E-state index is 14.5. The van der Waals surface area contributed by atoms with Crippen molar-refractivity contribution in [1.82, 2.24) is 10.0 Å². The van der Waals surface area contributed by atoms with Gasteiger partial charge in [0.25, 0.3) is 0 Å². The Morgan fingerprint density at radius 3 is 2.55 bits per heavy atom. The predicted molar refractivity (Wildman–Crippen MR) is 111 cm³/mol. The Labute approximate surface area is 171 Å². The number of rotatable bonds is 7. The van der Waals surface area contributed by atoms with Gasteiger partial charge in [-0.15, -0.1) is 0 Å². The van der Waals surface area contributed by atoms with Gasteiger partial charge in [0.15, 0.2) is 0 Å². The molecule has 2 aromatic carbocycles. The molecule has 1 aliphatic rings. The van der Waals surface area contributed by atoms with Crippen molar-refractivity contribution in [3.8, 4) is 0 Å². The summed E-state index contributed by atoms with van der Waals surface area (Å²) in [6, 6.07) is 12.2. The number of hydrogen-bond acceptors (Lipinski definition) is 4. The third-order valence-corrected chi connectivity index (χ3v) is 6.37. The van der Waals surface area contributed by atoms with Gasteiger partial charge in [-0.3, -0.25) is 4.79 Å². The first kappa shape index (κ1) is 21.4. The number of fused-ring (bicyclic) bond motifs is 1. The molecule has 0 aliphatic carbocycles. The van der Waals surface area contributed by atoms with Crippen LogP contribution in [-0.2, 0) is 21.2 Å². The maximum Gasteiger partial charge on any atom is 0.243 e. The number of hydrogen-bond donors (Lipinski definition) is 3. The van der Waals surface area contributed by atoms with Crippen LogP contribution in [0.25, 0.3) is 0 Å². The average Bonchev–Trinajstić information content (AvgIpc) is 2.66.